The second-order valence-corrected chi connectivity index (χ2v) is 5.58. The van der Waals surface area contributed by atoms with E-state index in [-0.39, 0.29) is 22.1 Å². The van der Waals surface area contributed by atoms with E-state index < -0.39 is 23.7 Å². The van der Waals surface area contributed by atoms with Crippen LogP contribution in [0.3, 0.4) is 0 Å². The number of methoxy groups -OCH3 is 1. The Bertz CT molecular complexity index is 609. The number of nitrogens with zero attached hydrogens (tertiary/aromatic N) is 2. The Morgan fingerprint density at radius 2 is 1.86 bits per heavy atom. The molecule has 0 fully saturated rings. The molecular formula is C9H11BF4N2O4S. The first-order valence-electron chi connectivity index (χ1n) is 5.29. The number of rotatable bonds is 4. The summed E-state index contributed by atoms with van der Waals surface area (Å²) < 4.78 is 67.1. The maximum absolute atomic E-state index is 11.6. The molecule has 0 amide bonds. The predicted molar refractivity (Wildman–Crippen MR) is 67.1 cm³/mol. The van der Waals surface area contributed by atoms with Crippen molar-refractivity contribution in [3.8, 4) is 5.75 Å². The van der Waals surface area contributed by atoms with Crippen LogP contribution in [-0.2, 0) is 9.84 Å². The van der Waals surface area contributed by atoms with Crippen LogP contribution in [0.2, 0.25) is 0 Å². The van der Waals surface area contributed by atoms with Gasteiger partial charge >= 0.3 is 12.9 Å². The van der Waals surface area contributed by atoms with Gasteiger partial charge in [-0.05, 0) is 6.07 Å². The maximum Gasteiger partial charge on any atom is 0.673 e. The van der Waals surface area contributed by atoms with Crippen LogP contribution >= 0.6 is 0 Å². The van der Waals surface area contributed by atoms with Crippen molar-refractivity contribution >= 4 is 22.8 Å². The molecule has 6 nitrogen and oxygen atoms in total. The second-order valence-electron chi connectivity index (χ2n) is 3.47. The first-order chi connectivity index (χ1) is 9.55. The van der Waals surface area contributed by atoms with Crippen LogP contribution in [-0.4, -0.2) is 40.2 Å². The molecule has 0 radical (unpaired) electrons. The fourth-order valence-corrected chi connectivity index (χ4v) is 2.21. The number of hydrogen-bond acceptors (Lipinski definition) is 5. The minimum Gasteiger partial charge on any atom is -0.489 e. The van der Waals surface area contributed by atoms with Crippen LogP contribution in [0.1, 0.15) is 0 Å². The van der Waals surface area contributed by atoms with Gasteiger partial charge in [-0.15, -0.1) is 0 Å². The number of diazo groups is 1. The number of aliphatic hydroxyl groups is 1. The summed E-state index contributed by atoms with van der Waals surface area (Å²) in [5, 5.41) is 17.2. The van der Waals surface area contributed by atoms with Gasteiger partial charge in [-0.25, -0.2) is 8.42 Å². The lowest BCUT2D eigenvalue weighted by molar-refractivity contribution is 0.319. The van der Waals surface area contributed by atoms with Crippen LogP contribution in [0.4, 0.5) is 23.0 Å². The molecule has 1 aromatic rings. The molecule has 0 spiro atoms. The van der Waals surface area contributed by atoms with E-state index in [1.807, 2.05) is 0 Å². The third-order valence-corrected chi connectivity index (χ3v) is 3.67. The molecule has 0 atom stereocenters. The van der Waals surface area contributed by atoms with Crippen molar-refractivity contribution in [3.63, 3.8) is 0 Å². The smallest absolute Gasteiger partial charge is 0.489 e. The van der Waals surface area contributed by atoms with E-state index in [1.54, 1.807) is 0 Å². The molecule has 118 valence electrons. The van der Waals surface area contributed by atoms with Crippen LogP contribution in [0.25, 0.3) is 4.98 Å². The Labute approximate surface area is 118 Å². The van der Waals surface area contributed by atoms with Crippen molar-refractivity contribution in [1.29, 1.82) is 5.39 Å². The summed E-state index contributed by atoms with van der Waals surface area (Å²) in [5.41, 5.74) is 0.144. The molecule has 0 bridgehead atoms. The molecular weight excluding hydrogens is 319 g/mol. The quantitative estimate of drug-likeness (QED) is 0.519. The zero-order chi connectivity index (χ0) is 16.7. The molecule has 0 saturated carbocycles. The highest BCUT2D eigenvalue weighted by Gasteiger charge is 2.21. The van der Waals surface area contributed by atoms with Crippen molar-refractivity contribution in [3.05, 3.63) is 23.2 Å². The van der Waals surface area contributed by atoms with Crippen LogP contribution in [0, 0.1) is 5.39 Å². The van der Waals surface area contributed by atoms with Gasteiger partial charge in [0.2, 0.25) is 11.1 Å². The van der Waals surface area contributed by atoms with Gasteiger partial charge < -0.3 is 27.1 Å². The van der Waals surface area contributed by atoms with Crippen molar-refractivity contribution in [2.24, 2.45) is 0 Å². The summed E-state index contributed by atoms with van der Waals surface area (Å²) >= 11 is 0. The van der Waals surface area contributed by atoms with Gasteiger partial charge in [0.15, 0.2) is 14.8 Å². The molecule has 0 unspecified atom stereocenters. The highest BCUT2D eigenvalue weighted by atomic mass is 32.2. The van der Waals surface area contributed by atoms with Gasteiger partial charge in [0.25, 0.3) is 0 Å². The van der Waals surface area contributed by atoms with Crippen molar-refractivity contribution in [1.82, 2.24) is 0 Å². The standard InChI is InChI=1S/C9H11N2O4S.BF4/c1-15-9-6-7(2-3-8(9)11-10)16(13,14)5-4-12;2-1(3,4)5/h2-3,6,12H,4-5H2,1H3;/q+1;-1. The molecule has 0 aliphatic rings. The lowest BCUT2D eigenvalue weighted by atomic mass is 10.3. The first-order valence-corrected chi connectivity index (χ1v) is 6.94. The van der Waals surface area contributed by atoms with Crippen LogP contribution < -0.4 is 4.74 Å². The SMILES string of the molecule is COc1cc(S(=O)(=O)CCO)ccc1[N+]#N.F[B-](F)(F)F. The Balaban J connectivity index is 0.000000690. The number of ether oxygens (including phenoxy) is 1. The lowest BCUT2D eigenvalue weighted by Crippen LogP contribution is -2.10. The fraction of sp³-hybridized carbons (Fsp3) is 0.333. The molecule has 12 heteroatoms. The summed E-state index contributed by atoms with van der Waals surface area (Å²) in [6, 6.07) is 3.87. The summed E-state index contributed by atoms with van der Waals surface area (Å²) in [6.45, 7) is -0.448. The topological polar surface area (TPSA) is 91.8 Å². The van der Waals surface area contributed by atoms with Crippen molar-refractivity contribution < 1.29 is 35.5 Å². The van der Waals surface area contributed by atoms with E-state index >= 15 is 0 Å². The molecule has 0 aliphatic heterocycles. The first kappa shape index (κ1) is 19.1. The fourth-order valence-electron chi connectivity index (χ4n) is 1.17. The number of aliphatic hydroxyl groups excluding tert-OH is 1. The number of benzene rings is 1. The third kappa shape index (κ3) is 7.47. The zero-order valence-corrected chi connectivity index (χ0v) is 11.5. The maximum atomic E-state index is 11.6. The Morgan fingerprint density at radius 3 is 2.24 bits per heavy atom. The van der Waals surface area contributed by atoms with E-state index in [0.29, 0.717) is 0 Å². The van der Waals surface area contributed by atoms with E-state index in [1.165, 1.54) is 25.3 Å². The second kappa shape index (κ2) is 7.80. The lowest BCUT2D eigenvalue weighted by Gasteiger charge is -2.03. The molecule has 0 aliphatic carbocycles. The van der Waals surface area contributed by atoms with Crippen molar-refractivity contribution in [2.45, 2.75) is 4.90 Å². The third-order valence-electron chi connectivity index (χ3n) is 1.98. The molecule has 0 aromatic heterocycles. The molecule has 1 aromatic carbocycles. The van der Waals surface area contributed by atoms with Gasteiger partial charge in [-0.1, -0.05) is 0 Å². The number of halogens is 4. The van der Waals surface area contributed by atoms with Gasteiger partial charge in [-0.2, -0.15) is 0 Å². The minimum absolute atomic E-state index is 0.0193. The van der Waals surface area contributed by atoms with Crippen molar-refractivity contribution in [2.75, 3.05) is 19.5 Å². The summed E-state index contributed by atoms with van der Waals surface area (Å²) in [5.74, 6) is -0.201. The highest BCUT2D eigenvalue weighted by molar-refractivity contribution is 7.91. The largest absolute Gasteiger partial charge is 0.673 e. The average Bonchev–Trinajstić information content (AvgIpc) is 2.35. The average molecular weight is 330 g/mol. The van der Waals surface area contributed by atoms with E-state index in [0.717, 1.165) is 0 Å². The number of sulfone groups is 1. The summed E-state index contributed by atoms with van der Waals surface area (Å²) in [4.78, 5) is 2.96. The van der Waals surface area contributed by atoms with Gasteiger partial charge in [0.05, 0.1) is 24.4 Å². The van der Waals surface area contributed by atoms with Gasteiger partial charge in [0.1, 0.15) is 0 Å². The minimum atomic E-state index is -6.00. The Hall–Kier alpha value is -1.87. The van der Waals surface area contributed by atoms with Crippen LogP contribution in [0.5, 0.6) is 5.75 Å². The van der Waals surface area contributed by atoms with Gasteiger partial charge in [-0.3, -0.25) is 0 Å². The summed E-state index contributed by atoms with van der Waals surface area (Å²) in [7, 11) is -8.18. The Morgan fingerprint density at radius 1 is 1.33 bits per heavy atom. The number of hydrogen-bond donors (Lipinski definition) is 1. The van der Waals surface area contributed by atoms with E-state index in [4.69, 9.17) is 15.2 Å². The summed E-state index contributed by atoms with van der Waals surface area (Å²) in [6.07, 6.45) is 0. The van der Waals surface area contributed by atoms with E-state index in [9.17, 15) is 25.7 Å². The zero-order valence-electron chi connectivity index (χ0n) is 10.7. The van der Waals surface area contributed by atoms with Crippen LogP contribution in [0.15, 0.2) is 23.1 Å². The normalized spacial score (nSPS) is 11.1. The highest BCUT2D eigenvalue weighted by Crippen LogP contribution is 2.30. The molecule has 1 N–H and O–H groups in total. The molecule has 0 heterocycles. The monoisotopic (exact) mass is 330 g/mol. The van der Waals surface area contributed by atoms with E-state index in [2.05, 4.69) is 4.98 Å². The molecule has 0 saturated heterocycles. The molecule has 21 heavy (non-hydrogen) atoms. The van der Waals surface area contributed by atoms with Gasteiger partial charge in [0, 0.05) is 12.1 Å². The Kier molecular flexibility index (Phi) is 7.10. The molecule has 1 rings (SSSR count). The predicted octanol–water partition coefficient (Wildman–Crippen LogP) is 2.25.